The molecular formula is C12H19ClN4. The molecule has 2 rings (SSSR count). The Kier molecular flexibility index (Phi) is 3.84. The first kappa shape index (κ1) is 12.6. The zero-order chi connectivity index (χ0) is 12.4. The molecule has 2 heterocycles. The molecule has 0 N–H and O–H groups in total. The molecule has 1 fully saturated rings. The molecule has 4 nitrogen and oxygen atoms in total. The largest absolute Gasteiger partial charge is 0.359 e. The second-order valence-corrected chi connectivity index (χ2v) is 5.27. The Hall–Kier alpha value is -0.870. The van der Waals surface area contributed by atoms with Gasteiger partial charge in [-0.3, -0.25) is 0 Å². The molecule has 5 heteroatoms. The van der Waals surface area contributed by atoms with Gasteiger partial charge in [-0.2, -0.15) is 0 Å². The van der Waals surface area contributed by atoms with Gasteiger partial charge in [0.15, 0.2) is 0 Å². The van der Waals surface area contributed by atoms with E-state index in [2.05, 4.69) is 33.9 Å². The molecule has 1 aromatic heterocycles. The molecule has 0 saturated carbocycles. The Balaban J connectivity index is 2.01. The van der Waals surface area contributed by atoms with Crippen LogP contribution in [0.3, 0.4) is 0 Å². The predicted octanol–water partition coefficient (Wildman–Crippen LogP) is 1.83. The third-order valence-corrected chi connectivity index (χ3v) is 3.39. The zero-order valence-corrected chi connectivity index (χ0v) is 11.4. The smallest absolute Gasteiger partial charge is 0.224 e. The quantitative estimate of drug-likeness (QED) is 0.771. The molecule has 0 spiro atoms. The lowest BCUT2D eigenvalue weighted by molar-refractivity contribution is 0.395. The van der Waals surface area contributed by atoms with Crippen molar-refractivity contribution in [2.45, 2.75) is 13.3 Å². The van der Waals surface area contributed by atoms with Gasteiger partial charge in [-0.15, -0.1) is 0 Å². The highest BCUT2D eigenvalue weighted by Gasteiger charge is 2.21. The number of likely N-dealkylation sites (tertiary alicyclic amines) is 1. The van der Waals surface area contributed by atoms with E-state index < -0.39 is 0 Å². The van der Waals surface area contributed by atoms with Crippen LogP contribution in [0, 0.1) is 12.8 Å². The van der Waals surface area contributed by atoms with Crippen LogP contribution in [0.1, 0.15) is 12.1 Å². The Morgan fingerprint density at radius 1 is 1.53 bits per heavy atom. The summed E-state index contributed by atoms with van der Waals surface area (Å²) >= 11 is 5.88. The summed E-state index contributed by atoms with van der Waals surface area (Å²) in [6.07, 6.45) is 1.26. The first-order chi connectivity index (χ1) is 8.04. The highest BCUT2D eigenvalue weighted by molar-refractivity contribution is 6.28. The molecule has 1 saturated heterocycles. The molecule has 1 aromatic rings. The van der Waals surface area contributed by atoms with Gasteiger partial charge in [0.25, 0.3) is 0 Å². The lowest BCUT2D eigenvalue weighted by Gasteiger charge is -2.22. The van der Waals surface area contributed by atoms with Crippen LogP contribution in [0.5, 0.6) is 0 Å². The van der Waals surface area contributed by atoms with Gasteiger partial charge >= 0.3 is 0 Å². The number of anilines is 1. The van der Waals surface area contributed by atoms with E-state index in [1.165, 1.54) is 19.5 Å². The normalized spacial score (nSPS) is 20.8. The summed E-state index contributed by atoms with van der Waals surface area (Å²) in [6.45, 7) is 5.33. The van der Waals surface area contributed by atoms with Gasteiger partial charge in [0.1, 0.15) is 5.82 Å². The van der Waals surface area contributed by atoms with Gasteiger partial charge in [0, 0.05) is 31.9 Å². The van der Waals surface area contributed by atoms with E-state index in [0.29, 0.717) is 5.28 Å². The summed E-state index contributed by atoms with van der Waals surface area (Å²) in [7, 11) is 4.24. The summed E-state index contributed by atoms with van der Waals surface area (Å²) < 4.78 is 0. The van der Waals surface area contributed by atoms with Crippen LogP contribution < -0.4 is 4.90 Å². The van der Waals surface area contributed by atoms with Gasteiger partial charge in [-0.1, -0.05) is 0 Å². The average Bonchev–Trinajstić information content (AvgIpc) is 2.62. The molecule has 17 heavy (non-hydrogen) atoms. The summed E-state index contributed by atoms with van der Waals surface area (Å²) in [4.78, 5) is 12.9. The summed E-state index contributed by atoms with van der Waals surface area (Å²) in [5, 5.41) is 0.329. The highest BCUT2D eigenvalue weighted by Crippen LogP contribution is 2.19. The predicted molar refractivity (Wildman–Crippen MR) is 70.7 cm³/mol. The molecule has 1 aliphatic heterocycles. The Morgan fingerprint density at radius 3 is 2.88 bits per heavy atom. The fraction of sp³-hybridized carbons (Fsp3) is 0.667. The van der Waals surface area contributed by atoms with Gasteiger partial charge in [-0.25, -0.2) is 9.97 Å². The fourth-order valence-corrected chi connectivity index (χ4v) is 2.59. The first-order valence-corrected chi connectivity index (χ1v) is 6.33. The van der Waals surface area contributed by atoms with Crippen LogP contribution in [0.25, 0.3) is 0 Å². The molecule has 1 unspecified atom stereocenters. The van der Waals surface area contributed by atoms with E-state index in [1.54, 1.807) is 0 Å². The average molecular weight is 255 g/mol. The van der Waals surface area contributed by atoms with Gasteiger partial charge in [0.2, 0.25) is 5.28 Å². The van der Waals surface area contributed by atoms with Crippen molar-refractivity contribution in [2.24, 2.45) is 5.92 Å². The van der Waals surface area contributed by atoms with Crippen LogP contribution in [0.2, 0.25) is 5.28 Å². The van der Waals surface area contributed by atoms with Crippen molar-refractivity contribution in [1.29, 1.82) is 0 Å². The van der Waals surface area contributed by atoms with E-state index in [1.807, 2.05) is 13.0 Å². The summed E-state index contributed by atoms with van der Waals surface area (Å²) in [5.74, 6) is 1.64. The number of hydrogen-bond donors (Lipinski definition) is 0. The van der Waals surface area contributed by atoms with Gasteiger partial charge in [-0.05, 0) is 44.5 Å². The Labute approximate surface area is 108 Å². The number of aromatic nitrogens is 2. The monoisotopic (exact) mass is 254 g/mol. The number of hydrogen-bond acceptors (Lipinski definition) is 4. The topological polar surface area (TPSA) is 32.3 Å². The standard InChI is InChI=1S/C12H19ClN4/c1-9-6-11(15-12(13)14-9)17(3)8-10-4-5-16(2)7-10/h6,10H,4-5,7-8H2,1-3H3. The minimum Gasteiger partial charge on any atom is -0.359 e. The molecule has 0 bridgehead atoms. The minimum atomic E-state index is 0.329. The summed E-state index contributed by atoms with van der Waals surface area (Å²) in [6, 6.07) is 1.98. The molecule has 0 aromatic carbocycles. The van der Waals surface area contributed by atoms with Crippen molar-refractivity contribution in [3.63, 3.8) is 0 Å². The maximum atomic E-state index is 5.88. The van der Waals surface area contributed by atoms with Crippen LogP contribution in [0.4, 0.5) is 5.82 Å². The van der Waals surface area contributed by atoms with Crippen molar-refractivity contribution in [2.75, 3.05) is 38.6 Å². The maximum absolute atomic E-state index is 5.88. The van der Waals surface area contributed by atoms with Crippen LogP contribution in [-0.4, -0.2) is 48.6 Å². The number of halogens is 1. The lowest BCUT2D eigenvalue weighted by Crippen LogP contribution is -2.28. The Bertz CT molecular complexity index is 376. The van der Waals surface area contributed by atoms with Crippen molar-refractivity contribution in [3.05, 3.63) is 17.0 Å². The van der Waals surface area contributed by atoms with E-state index in [4.69, 9.17) is 11.6 Å². The van der Waals surface area contributed by atoms with Crippen LogP contribution >= 0.6 is 11.6 Å². The third kappa shape index (κ3) is 3.30. The lowest BCUT2D eigenvalue weighted by atomic mass is 10.1. The van der Waals surface area contributed by atoms with E-state index >= 15 is 0 Å². The molecular weight excluding hydrogens is 236 g/mol. The van der Waals surface area contributed by atoms with E-state index in [9.17, 15) is 0 Å². The Morgan fingerprint density at radius 2 is 2.29 bits per heavy atom. The fourth-order valence-electron chi connectivity index (χ4n) is 2.37. The molecule has 0 aliphatic carbocycles. The number of rotatable bonds is 3. The maximum Gasteiger partial charge on any atom is 0.224 e. The summed E-state index contributed by atoms with van der Waals surface area (Å²) in [5.41, 5.74) is 0.912. The first-order valence-electron chi connectivity index (χ1n) is 5.95. The molecule has 1 aliphatic rings. The zero-order valence-electron chi connectivity index (χ0n) is 10.6. The SMILES string of the molecule is Cc1cc(N(C)CC2CCN(C)C2)nc(Cl)n1. The van der Waals surface area contributed by atoms with E-state index in [-0.39, 0.29) is 0 Å². The second-order valence-electron chi connectivity index (χ2n) is 4.93. The molecule has 0 amide bonds. The molecule has 1 atom stereocenters. The van der Waals surface area contributed by atoms with Crippen LogP contribution in [0.15, 0.2) is 6.07 Å². The van der Waals surface area contributed by atoms with E-state index in [0.717, 1.165) is 24.0 Å². The number of nitrogens with zero attached hydrogens (tertiary/aromatic N) is 4. The van der Waals surface area contributed by atoms with Gasteiger partial charge < -0.3 is 9.80 Å². The third-order valence-electron chi connectivity index (χ3n) is 3.23. The van der Waals surface area contributed by atoms with Crippen molar-refractivity contribution >= 4 is 17.4 Å². The molecule has 94 valence electrons. The molecule has 0 radical (unpaired) electrons. The van der Waals surface area contributed by atoms with Crippen molar-refractivity contribution in [1.82, 2.24) is 14.9 Å². The second kappa shape index (κ2) is 5.19. The minimum absolute atomic E-state index is 0.329. The number of aryl methyl sites for hydroxylation is 1. The van der Waals surface area contributed by atoms with Crippen molar-refractivity contribution < 1.29 is 0 Å². The van der Waals surface area contributed by atoms with Gasteiger partial charge in [0.05, 0.1) is 0 Å². The highest BCUT2D eigenvalue weighted by atomic mass is 35.5. The van der Waals surface area contributed by atoms with Crippen LogP contribution in [-0.2, 0) is 0 Å². The van der Waals surface area contributed by atoms with Crippen molar-refractivity contribution in [3.8, 4) is 0 Å².